The highest BCUT2D eigenvalue weighted by molar-refractivity contribution is 9.10. The van der Waals surface area contributed by atoms with Crippen LogP contribution in [0, 0.1) is 23.4 Å². The van der Waals surface area contributed by atoms with Crippen molar-refractivity contribution in [1.29, 1.82) is 0 Å². The molecular weight excluding hydrogens is 607 g/mol. The molecule has 13 heteroatoms. The normalized spacial score (nSPS) is 21.2. The van der Waals surface area contributed by atoms with Crippen molar-refractivity contribution in [3.63, 3.8) is 0 Å². The summed E-state index contributed by atoms with van der Waals surface area (Å²) in [5.74, 6) is -8.04. The average Bonchev–Trinajstić information content (AvgIpc) is 3.60. The summed E-state index contributed by atoms with van der Waals surface area (Å²) in [6.45, 7) is 3.38. The van der Waals surface area contributed by atoms with Crippen molar-refractivity contribution in [2.45, 2.75) is 44.2 Å². The maximum absolute atomic E-state index is 14.7. The summed E-state index contributed by atoms with van der Waals surface area (Å²) in [6.07, 6.45) is -0.00732. The second-order valence-corrected chi connectivity index (χ2v) is 11.7. The van der Waals surface area contributed by atoms with E-state index in [1.54, 1.807) is 32.0 Å². The van der Waals surface area contributed by atoms with E-state index in [-0.39, 0.29) is 25.3 Å². The molecule has 9 nitrogen and oxygen atoms in total. The zero-order valence-electron chi connectivity index (χ0n) is 24.2. The Labute approximate surface area is 244 Å². The number of hydrogen-bond donors (Lipinski definition) is 3. The maximum atomic E-state index is 14.7. The van der Waals surface area contributed by atoms with Gasteiger partial charge in [0, 0.05) is 35.2 Å². The third-order valence-corrected chi connectivity index (χ3v) is 8.23. The third kappa shape index (κ3) is 4.65. The number of likely N-dealkylation sites (N-methyl/N-ethyl adjacent to an activating group) is 1. The second-order valence-electron chi connectivity index (χ2n) is 10.8. The van der Waals surface area contributed by atoms with Gasteiger partial charge in [0.25, 0.3) is 5.91 Å². The molecule has 3 heterocycles. The lowest BCUT2D eigenvalue weighted by atomic mass is 9.79. The molecule has 0 radical (unpaired) electrons. The monoisotopic (exact) mass is 635 g/mol. The fraction of sp³-hybridized carbons (Fsp3) is 0.357. The molecule has 0 aliphatic carbocycles. The number of carbonyl (C=O) groups is 4. The molecule has 0 saturated carbocycles. The van der Waals surface area contributed by atoms with Crippen molar-refractivity contribution >= 4 is 56.1 Å². The fourth-order valence-electron chi connectivity index (χ4n) is 5.70. The molecule has 1 aromatic heterocycles. The largest absolute Gasteiger partial charge is 0.368 e. The van der Waals surface area contributed by atoms with Crippen molar-refractivity contribution in [1.82, 2.24) is 14.8 Å². The van der Waals surface area contributed by atoms with Gasteiger partial charge >= 0.3 is 0 Å². The molecule has 5 rings (SSSR count). The number of aromatic nitrogens is 1. The average molecular weight is 636 g/mol. The van der Waals surface area contributed by atoms with Crippen molar-refractivity contribution in [2.24, 2.45) is 11.7 Å². The van der Waals surface area contributed by atoms with Gasteiger partial charge in [0.05, 0.1) is 13.7 Å². The molecule has 4 N–H and O–H groups in total. The summed E-state index contributed by atoms with van der Waals surface area (Å²) in [7, 11) is 1.25. The lowest BCUT2D eigenvalue weighted by Gasteiger charge is -2.33. The van der Waals surface area contributed by atoms with Gasteiger partial charge in [-0.05, 0) is 42.5 Å². The standard InChI is InChI=1S/C28H27BrF3N5O4/c1-12(2)6-20(36(3)25(39)19-8-14-16(30)9-17(31)22(32)23(14)34-19)26(40)37-11-28(10-21(37)24(33)38)15-5-4-13(29)7-18(15)35-27(28)41/h4-5,7-9,12,20-21,34H,6,10-11H2,1-3H3,(H2,33,38)(H,35,41)/t20-,21-,28-/m0/s1/i8D,9D. The number of H-pyrrole nitrogens is 1. The molecule has 2 aliphatic heterocycles. The third-order valence-electron chi connectivity index (χ3n) is 7.73. The van der Waals surface area contributed by atoms with E-state index in [1.807, 2.05) is 0 Å². The SMILES string of the molecule is [2H]c1c(F)c(F)c2[nH]c(C(=O)N(C)[C@@H](CC(C)C)C(=O)N3C[C@]4(C[C@H]3C(N)=O)C(=O)Nc3cc(Br)ccc34)c([2H])c2c1F. The predicted molar refractivity (Wildman–Crippen MR) is 147 cm³/mol. The first kappa shape index (κ1) is 26.1. The van der Waals surface area contributed by atoms with Gasteiger partial charge in [-0.3, -0.25) is 19.2 Å². The number of halogens is 4. The van der Waals surface area contributed by atoms with Gasteiger partial charge in [-0.1, -0.05) is 35.8 Å². The quantitative estimate of drug-likeness (QED) is 0.356. The Morgan fingerprint density at radius 1 is 1.24 bits per heavy atom. The Kier molecular flexibility index (Phi) is 6.48. The minimum atomic E-state index is -1.78. The molecule has 0 unspecified atom stereocenters. The van der Waals surface area contributed by atoms with Crippen LogP contribution in [-0.2, 0) is 19.8 Å². The van der Waals surface area contributed by atoms with Crippen LogP contribution in [0.4, 0.5) is 18.9 Å². The first-order valence-corrected chi connectivity index (χ1v) is 13.5. The molecule has 3 aromatic rings. The fourth-order valence-corrected chi connectivity index (χ4v) is 6.06. The van der Waals surface area contributed by atoms with E-state index in [1.165, 1.54) is 11.9 Å². The number of primary amides is 1. The van der Waals surface area contributed by atoms with Crippen LogP contribution in [0.5, 0.6) is 0 Å². The number of benzene rings is 2. The van der Waals surface area contributed by atoms with Crippen molar-refractivity contribution in [3.8, 4) is 0 Å². The number of likely N-dealkylation sites (tertiary alicyclic amines) is 1. The highest BCUT2D eigenvalue weighted by Crippen LogP contribution is 2.47. The summed E-state index contributed by atoms with van der Waals surface area (Å²) >= 11 is 3.36. The number of anilines is 1. The zero-order valence-corrected chi connectivity index (χ0v) is 23.8. The molecule has 41 heavy (non-hydrogen) atoms. The minimum absolute atomic E-state index is 0.0770. The number of carbonyl (C=O) groups excluding carboxylic acids is 4. The molecule has 1 saturated heterocycles. The van der Waals surface area contributed by atoms with Gasteiger partial charge in [-0.25, -0.2) is 13.2 Å². The Morgan fingerprint density at radius 3 is 2.61 bits per heavy atom. The number of fused-ring (bicyclic) bond motifs is 3. The number of rotatable bonds is 6. The molecule has 3 atom stereocenters. The van der Waals surface area contributed by atoms with Crippen LogP contribution in [0.3, 0.4) is 0 Å². The van der Waals surface area contributed by atoms with Crippen LogP contribution in [0.15, 0.2) is 34.8 Å². The Balaban J connectivity index is 1.53. The first-order chi connectivity index (χ1) is 20.1. The molecule has 4 amide bonds. The molecule has 1 spiro atoms. The van der Waals surface area contributed by atoms with E-state index in [9.17, 15) is 32.3 Å². The summed E-state index contributed by atoms with van der Waals surface area (Å²) in [4.78, 5) is 58.1. The van der Waals surface area contributed by atoms with E-state index in [2.05, 4.69) is 26.2 Å². The van der Waals surface area contributed by atoms with E-state index in [4.69, 9.17) is 8.48 Å². The van der Waals surface area contributed by atoms with Gasteiger partial charge < -0.3 is 25.8 Å². The van der Waals surface area contributed by atoms with Crippen LogP contribution in [0.25, 0.3) is 10.9 Å². The molecule has 2 aliphatic rings. The molecule has 2 aromatic carbocycles. The van der Waals surface area contributed by atoms with E-state index >= 15 is 0 Å². The predicted octanol–water partition coefficient (Wildman–Crippen LogP) is 3.81. The highest BCUT2D eigenvalue weighted by Gasteiger charge is 2.58. The van der Waals surface area contributed by atoms with Crippen molar-refractivity contribution in [3.05, 3.63) is 63.5 Å². The smallest absolute Gasteiger partial charge is 0.270 e. The number of aromatic amines is 1. The lowest BCUT2D eigenvalue weighted by molar-refractivity contribution is -0.141. The molecule has 0 bridgehead atoms. The second kappa shape index (κ2) is 10.2. The van der Waals surface area contributed by atoms with Gasteiger partial charge in [-0.15, -0.1) is 0 Å². The number of hydrogen-bond acceptors (Lipinski definition) is 4. The van der Waals surface area contributed by atoms with Crippen LogP contribution in [-0.4, -0.2) is 64.1 Å². The Bertz CT molecular complexity index is 1730. The number of nitrogens with one attached hydrogen (secondary N) is 2. The number of nitrogens with two attached hydrogens (primary N) is 1. The van der Waals surface area contributed by atoms with Crippen LogP contribution >= 0.6 is 15.9 Å². The van der Waals surface area contributed by atoms with E-state index in [0.29, 0.717) is 15.7 Å². The molecular formula is C28H27BrF3N5O4. The molecule has 216 valence electrons. The summed E-state index contributed by atoms with van der Waals surface area (Å²) in [6, 6.07) is 0.531. The summed E-state index contributed by atoms with van der Waals surface area (Å²) < 4.78 is 59.7. The van der Waals surface area contributed by atoms with Gasteiger partial charge in [0.2, 0.25) is 17.7 Å². The Morgan fingerprint density at radius 2 is 1.95 bits per heavy atom. The Hall–Kier alpha value is -3.87. The van der Waals surface area contributed by atoms with Gasteiger partial charge in [0.15, 0.2) is 11.6 Å². The van der Waals surface area contributed by atoms with E-state index in [0.717, 1.165) is 4.90 Å². The van der Waals surface area contributed by atoms with Gasteiger partial charge in [0.1, 0.15) is 23.6 Å². The van der Waals surface area contributed by atoms with Crippen molar-refractivity contribution < 1.29 is 35.1 Å². The van der Waals surface area contributed by atoms with Crippen LogP contribution in [0.1, 0.15) is 45.5 Å². The van der Waals surface area contributed by atoms with E-state index < -0.39 is 87.3 Å². The lowest BCUT2D eigenvalue weighted by Crippen LogP contribution is -2.54. The summed E-state index contributed by atoms with van der Waals surface area (Å²) in [5, 5.41) is 2.02. The number of amides is 4. The van der Waals surface area contributed by atoms with Crippen LogP contribution < -0.4 is 11.1 Å². The highest BCUT2D eigenvalue weighted by atomic mass is 79.9. The van der Waals surface area contributed by atoms with Gasteiger partial charge in [-0.2, -0.15) is 0 Å². The zero-order chi connectivity index (χ0) is 31.7. The maximum Gasteiger partial charge on any atom is 0.270 e. The summed E-state index contributed by atoms with van der Waals surface area (Å²) in [5.41, 5.74) is 4.14. The number of nitrogens with zero attached hydrogens (tertiary/aromatic N) is 2. The van der Waals surface area contributed by atoms with Crippen molar-refractivity contribution in [2.75, 3.05) is 18.9 Å². The minimum Gasteiger partial charge on any atom is -0.368 e. The molecule has 1 fully saturated rings. The topological polar surface area (TPSA) is 129 Å². The van der Waals surface area contributed by atoms with Crippen LogP contribution in [0.2, 0.25) is 0 Å². The first-order valence-electron chi connectivity index (χ1n) is 13.7.